The number of fused-ring (bicyclic) bond motifs is 1. The molecule has 1 aromatic heterocycles. The molecule has 5 nitrogen and oxygen atoms in total. The van der Waals surface area contributed by atoms with Crippen molar-refractivity contribution >= 4 is 26.8 Å². The van der Waals surface area contributed by atoms with E-state index >= 15 is 0 Å². The summed E-state index contributed by atoms with van der Waals surface area (Å²) in [5.41, 5.74) is 0.0114. The number of halogens is 1. The number of aryl methyl sites for hydroxylation is 1. The molecule has 6 heteroatoms. The summed E-state index contributed by atoms with van der Waals surface area (Å²) < 4.78 is 3.38. The zero-order chi connectivity index (χ0) is 12.6. The first-order valence-corrected chi connectivity index (χ1v) is 5.90. The predicted octanol–water partition coefficient (Wildman–Crippen LogP) is 0.640. The molecule has 0 fully saturated rings. The van der Waals surface area contributed by atoms with Crippen molar-refractivity contribution in [3.05, 3.63) is 43.5 Å². The minimum atomic E-state index is -0.330. The van der Waals surface area contributed by atoms with Gasteiger partial charge in [-0.05, 0) is 35.1 Å². The first kappa shape index (κ1) is 12.1. The Morgan fingerprint density at radius 3 is 2.71 bits per heavy atom. The lowest BCUT2D eigenvalue weighted by Gasteiger charge is -2.11. The first-order valence-electron chi connectivity index (χ1n) is 5.10. The van der Waals surface area contributed by atoms with Crippen LogP contribution in [0.5, 0.6) is 0 Å². The number of para-hydroxylation sites is 1. The zero-order valence-electron chi connectivity index (χ0n) is 9.53. The smallest absolute Gasteiger partial charge is 0.302 e. The Morgan fingerprint density at radius 1 is 1.35 bits per heavy atom. The summed E-state index contributed by atoms with van der Waals surface area (Å²) in [5, 5.41) is 3.33. The van der Waals surface area contributed by atoms with Crippen LogP contribution in [0.15, 0.2) is 32.3 Å². The summed E-state index contributed by atoms with van der Waals surface area (Å²) in [6.45, 7) is 0.202. The summed E-state index contributed by atoms with van der Waals surface area (Å²) >= 11 is 3.36. The van der Waals surface area contributed by atoms with E-state index in [1.54, 1.807) is 26.2 Å². The van der Waals surface area contributed by atoms with Crippen molar-refractivity contribution in [1.29, 1.82) is 0 Å². The minimum absolute atomic E-state index is 0.202. The van der Waals surface area contributed by atoms with E-state index in [0.29, 0.717) is 10.9 Å². The zero-order valence-corrected chi connectivity index (χ0v) is 11.1. The Morgan fingerprint density at radius 2 is 2.06 bits per heavy atom. The molecule has 0 amide bonds. The third kappa shape index (κ3) is 1.83. The van der Waals surface area contributed by atoms with Gasteiger partial charge in [-0.15, -0.1) is 0 Å². The molecule has 2 aromatic rings. The highest BCUT2D eigenvalue weighted by molar-refractivity contribution is 9.10. The Hall–Kier alpha value is -1.40. The summed E-state index contributed by atoms with van der Waals surface area (Å²) in [5.74, 6) is 0. The van der Waals surface area contributed by atoms with Crippen LogP contribution in [0.2, 0.25) is 0 Å². The molecular formula is C11H12BrN3O2. The van der Waals surface area contributed by atoms with Crippen molar-refractivity contribution in [2.24, 2.45) is 7.05 Å². The molecule has 0 saturated heterocycles. The van der Waals surface area contributed by atoms with Crippen molar-refractivity contribution in [3.8, 4) is 0 Å². The molecule has 1 N–H and O–H groups in total. The lowest BCUT2D eigenvalue weighted by Crippen LogP contribution is -2.41. The molecular weight excluding hydrogens is 286 g/mol. The highest BCUT2D eigenvalue weighted by atomic mass is 79.9. The number of nitrogens with zero attached hydrogens (tertiary/aromatic N) is 2. The van der Waals surface area contributed by atoms with Crippen LogP contribution < -0.4 is 16.6 Å². The fourth-order valence-corrected chi connectivity index (χ4v) is 2.47. The minimum Gasteiger partial charge on any atom is -0.302 e. The van der Waals surface area contributed by atoms with Gasteiger partial charge in [0.2, 0.25) is 0 Å². The van der Waals surface area contributed by atoms with E-state index in [9.17, 15) is 9.59 Å². The normalized spacial score (nSPS) is 11.0. The van der Waals surface area contributed by atoms with E-state index in [4.69, 9.17) is 0 Å². The first-order chi connectivity index (χ1) is 8.07. The fraction of sp³-hybridized carbons (Fsp3) is 0.273. The maximum Gasteiger partial charge on any atom is 0.332 e. The van der Waals surface area contributed by atoms with Gasteiger partial charge in [0.25, 0.3) is 5.56 Å². The van der Waals surface area contributed by atoms with Crippen molar-refractivity contribution in [2.45, 2.75) is 6.67 Å². The quantitative estimate of drug-likeness (QED) is 0.885. The molecule has 0 aliphatic rings. The Balaban J connectivity index is 3.01. The molecule has 17 heavy (non-hydrogen) atoms. The molecule has 1 heterocycles. The van der Waals surface area contributed by atoms with Crippen molar-refractivity contribution in [1.82, 2.24) is 14.5 Å². The van der Waals surface area contributed by atoms with E-state index in [-0.39, 0.29) is 17.9 Å². The largest absolute Gasteiger partial charge is 0.332 e. The van der Waals surface area contributed by atoms with Gasteiger partial charge in [0, 0.05) is 11.5 Å². The van der Waals surface area contributed by atoms with E-state index in [2.05, 4.69) is 21.2 Å². The molecule has 0 atom stereocenters. The third-order valence-electron chi connectivity index (χ3n) is 2.63. The Labute approximate surface area is 106 Å². The second-order valence-electron chi connectivity index (χ2n) is 3.72. The average Bonchev–Trinajstić information content (AvgIpc) is 2.31. The van der Waals surface area contributed by atoms with E-state index in [1.807, 2.05) is 6.07 Å². The number of hydrogen-bond acceptors (Lipinski definition) is 3. The Bertz CT molecular complexity index is 687. The van der Waals surface area contributed by atoms with Crippen LogP contribution in [0.3, 0.4) is 0 Å². The van der Waals surface area contributed by atoms with E-state index in [0.717, 1.165) is 4.47 Å². The third-order valence-corrected chi connectivity index (χ3v) is 3.27. The second kappa shape index (κ2) is 4.46. The van der Waals surface area contributed by atoms with Crippen LogP contribution >= 0.6 is 15.9 Å². The number of benzene rings is 1. The van der Waals surface area contributed by atoms with Crippen molar-refractivity contribution in [2.75, 3.05) is 7.05 Å². The van der Waals surface area contributed by atoms with Crippen LogP contribution in [0, 0.1) is 0 Å². The molecule has 0 aliphatic carbocycles. The van der Waals surface area contributed by atoms with Gasteiger partial charge >= 0.3 is 5.69 Å². The lowest BCUT2D eigenvalue weighted by molar-refractivity contribution is 0.553. The Kier molecular flexibility index (Phi) is 3.17. The SMILES string of the molecule is CNCn1c(=O)c2cccc(Br)c2n(C)c1=O. The molecule has 0 aliphatic heterocycles. The van der Waals surface area contributed by atoms with Crippen molar-refractivity contribution < 1.29 is 0 Å². The number of aromatic nitrogens is 2. The number of nitrogens with one attached hydrogen (secondary N) is 1. The summed E-state index contributed by atoms with van der Waals surface area (Å²) in [6.07, 6.45) is 0. The van der Waals surface area contributed by atoms with Crippen molar-refractivity contribution in [3.63, 3.8) is 0 Å². The molecule has 0 saturated carbocycles. The van der Waals surface area contributed by atoms with Gasteiger partial charge in [-0.2, -0.15) is 0 Å². The maximum absolute atomic E-state index is 12.1. The van der Waals surface area contributed by atoms with Crippen LogP contribution in [-0.2, 0) is 13.7 Å². The molecule has 0 spiro atoms. The second-order valence-corrected chi connectivity index (χ2v) is 4.58. The lowest BCUT2D eigenvalue weighted by atomic mass is 10.2. The molecule has 0 radical (unpaired) electrons. The van der Waals surface area contributed by atoms with Gasteiger partial charge in [-0.3, -0.25) is 9.36 Å². The maximum atomic E-state index is 12.1. The van der Waals surface area contributed by atoms with Gasteiger partial charge < -0.3 is 5.32 Å². The highest BCUT2D eigenvalue weighted by Gasteiger charge is 2.11. The molecule has 1 aromatic carbocycles. The topological polar surface area (TPSA) is 56.0 Å². The molecule has 90 valence electrons. The number of rotatable bonds is 2. The van der Waals surface area contributed by atoms with Gasteiger partial charge in [-0.1, -0.05) is 6.07 Å². The van der Waals surface area contributed by atoms with Crippen LogP contribution in [0.1, 0.15) is 0 Å². The van der Waals surface area contributed by atoms with Gasteiger partial charge in [0.15, 0.2) is 0 Å². The van der Waals surface area contributed by atoms with Crippen LogP contribution in [0.25, 0.3) is 10.9 Å². The standard InChI is InChI=1S/C11H12BrN3O2/c1-13-6-15-10(16)7-4-3-5-8(12)9(7)14(2)11(15)17/h3-5,13H,6H2,1-2H3. The summed E-state index contributed by atoms with van der Waals surface area (Å²) in [6, 6.07) is 5.31. The predicted molar refractivity (Wildman–Crippen MR) is 70.2 cm³/mol. The molecule has 0 bridgehead atoms. The fourth-order valence-electron chi connectivity index (χ4n) is 1.84. The monoisotopic (exact) mass is 297 g/mol. The molecule has 2 rings (SSSR count). The molecule has 0 unspecified atom stereocenters. The average molecular weight is 298 g/mol. The van der Waals surface area contributed by atoms with E-state index < -0.39 is 0 Å². The highest BCUT2D eigenvalue weighted by Crippen LogP contribution is 2.19. The van der Waals surface area contributed by atoms with Gasteiger partial charge in [-0.25, -0.2) is 9.36 Å². The van der Waals surface area contributed by atoms with Gasteiger partial charge in [0.1, 0.15) is 0 Å². The summed E-state index contributed by atoms with van der Waals surface area (Å²) in [4.78, 5) is 24.1. The van der Waals surface area contributed by atoms with E-state index in [1.165, 1.54) is 9.13 Å². The number of hydrogen-bond donors (Lipinski definition) is 1. The van der Waals surface area contributed by atoms with Crippen LogP contribution in [0.4, 0.5) is 0 Å². The van der Waals surface area contributed by atoms with Gasteiger partial charge in [0.05, 0.1) is 17.6 Å². The summed E-state index contributed by atoms with van der Waals surface area (Å²) in [7, 11) is 3.35. The van der Waals surface area contributed by atoms with Crippen LogP contribution in [-0.4, -0.2) is 16.2 Å².